The van der Waals surface area contributed by atoms with Crippen molar-refractivity contribution >= 4 is 23.3 Å². The molecular weight excluding hydrogens is 276 g/mol. The van der Waals surface area contributed by atoms with Crippen molar-refractivity contribution in [2.24, 2.45) is 5.92 Å². The smallest absolute Gasteiger partial charge is 0.317 e. The van der Waals surface area contributed by atoms with E-state index in [4.69, 9.17) is 5.11 Å². The van der Waals surface area contributed by atoms with Gasteiger partial charge in [0, 0.05) is 24.4 Å². The lowest BCUT2D eigenvalue weighted by Gasteiger charge is -2.33. The molecule has 0 radical (unpaired) electrons. The molecule has 0 aromatic carbocycles. The molecular formula is C14H20N2O3S. The lowest BCUT2D eigenvalue weighted by Crippen LogP contribution is -2.45. The molecule has 2 amide bonds. The van der Waals surface area contributed by atoms with Gasteiger partial charge in [0.25, 0.3) is 0 Å². The van der Waals surface area contributed by atoms with E-state index in [-0.39, 0.29) is 24.4 Å². The summed E-state index contributed by atoms with van der Waals surface area (Å²) in [6.07, 6.45) is 0.972. The molecule has 2 unspecified atom stereocenters. The summed E-state index contributed by atoms with van der Waals surface area (Å²) in [5.74, 6) is -0.894. The van der Waals surface area contributed by atoms with Gasteiger partial charge in [-0.05, 0) is 36.3 Å². The molecule has 1 aromatic heterocycles. The maximum atomic E-state index is 12.2. The first-order chi connectivity index (χ1) is 9.49. The number of fused-ring (bicyclic) bond motifs is 1. The number of urea groups is 1. The average Bonchev–Trinajstić information content (AvgIpc) is 2.85. The molecule has 2 atom stereocenters. The van der Waals surface area contributed by atoms with Gasteiger partial charge in [0.2, 0.25) is 0 Å². The summed E-state index contributed by atoms with van der Waals surface area (Å²) in [7, 11) is 0. The molecule has 6 heteroatoms. The maximum absolute atomic E-state index is 12.2. The van der Waals surface area contributed by atoms with Crippen LogP contribution in [-0.4, -0.2) is 35.1 Å². The minimum absolute atomic E-state index is 0.0618. The van der Waals surface area contributed by atoms with Crippen molar-refractivity contribution in [3.05, 3.63) is 21.9 Å². The number of carbonyl (C=O) groups is 2. The van der Waals surface area contributed by atoms with Crippen molar-refractivity contribution in [1.29, 1.82) is 0 Å². The van der Waals surface area contributed by atoms with Gasteiger partial charge in [-0.2, -0.15) is 0 Å². The number of thiophene rings is 1. The minimum Gasteiger partial charge on any atom is -0.481 e. The molecule has 110 valence electrons. The predicted octanol–water partition coefficient (Wildman–Crippen LogP) is 2.49. The van der Waals surface area contributed by atoms with Crippen LogP contribution in [0.2, 0.25) is 0 Å². The zero-order valence-electron chi connectivity index (χ0n) is 11.8. The summed E-state index contributed by atoms with van der Waals surface area (Å²) in [4.78, 5) is 26.0. The molecule has 0 spiro atoms. The SMILES string of the molecule is CC(CNC(=O)N1CCc2sccc2C1C)CC(=O)O. The molecule has 1 aromatic rings. The molecule has 2 N–H and O–H groups in total. The van der Waals surface area contributed by atoms with E-state index in [1.807, 2.05) is 18.7 Å². The van der Waals surface area contributed by atoms with Crippen LogP contribution in [0.1, 0.15) is 36.8 Å². The molecule has 2 heterocycles. The topological polar surface area (TPSA) is 69.6 Å². The summed E-state index contributed by atoms with van der Waals surface area (Å²) in [6, 6.07) is 2.06. The molecule has 0 bridgehead atoms. The molecule has 0 fully saturated rings. The summed E-state index contributed by atoms with van der Waals surface area (Å²) < 4.78 is 0. The van der Waals surface area contributed by atoms with Crippen molar-refractivity contribution in [3.63, 3.8) is 0 Å². The van der Waals surface area contributed by atoms with Crippen LogP contribution in [0.5, 0.6) is 0 Å². The number of amides is 2. The fraction of sp³-hybridized carbons (Fsp3) is 0.571. The van der Waals surface area contributed by atoms with E-state index in [0.29, 0.717) is 13.1 Å². The molecule has 20 heavy (non-hydrogen) atoms. The zero-order valence-corrected chi connectivity index (χ0v) is 12.6. The van der Waals surface area contributed by atoms with Gasteiger partial charge in [-0.15, -0.1) is 11.3 Å². The fourth-order valence-electron chi connectivity index (χ4n) is 2.52. The van der Waals surface area contributed by atoms with Crippen LogP contribution in [0.25, 0.3) is 0 Å². The molecule has 0 saturated heterocycles. The quantitative estimate of drug-likeness (QED) is 0.897. The Kier molecular flexibility index (Phi) is 4.65. The Balaban J connectivity index is 1.89. The Morgan fingerprint density at radius 2 is 2.35 bits per heavy atom. The standard InChI is InChI=1S/C14H20N2O3S/c1-9(7-13(17)18)8-15-14(19)16-5-3-12-11(10(16)2)4-6-20-12/h4,6,9-10H,3,5,7-8H2,1-2H3,(H,15,19)(H,17,18). The second kappa shape index (κ2) is 6.26. The zero-order chi connectivity index (χ0) is 14.7. The minimum atomic E-state index is -0.832. The van der Waals surface area contributed by atoms with Gasteiger partial charge < -0.3 is 15.3 Å². The van der Waals surface area contributed by atoms with Crippen LogP contribution >= 0.6 is 11.3 Å². The van der Waals surface area contributed by atoms with E-state index in [1.54, 1.807) is 11.3 Å². The number of hydrogen-bond acceptors (Lipinski definition) is 3. The van der Waals surface area contributed by atoms with Gasteiger partial charge in [-0.1, -0.05) is 6.92 Å². The summed E-state index contributed by atoms with van der Waals surface area (Å²) >= 11 is 1.74. The number of rotatable bonds is 4. The van der Waals surface area contributed by atoms with Gasteiger partial charge in [-0.25, -0.2) is 4.79 Å². The number of aliphatic carboxylic acids is 1. The van der Waals surface area contributed by atoms with Crippen molar-refractivity contribution in [1.82, 2.24) is 10.2 Å². The largest absolute Gasteiger partial charge is 0.481 e. The van der Waals surface area contributed by atoms with Crippen molar-refractivity contribution in [3.8, 4) is 0 Å². The summed E-state index contributed by atoms with van der Waals surface area (Å²) in [5, 5.41) is 13.6. The highest BCUT2D eigenvalue weighted by Gasteiger charge is 2.28. The van der Waals surface area contributed by atoms with E-state index in [2.05, 4.69) is 16.8 Å². The number of nitrogens with zero attached hydrogens (tertiary/aromatic N) is 1. The second-order valence-corrected chi connectivity index (χ2v) is 6.31. The average molecular weight is 296 g/mol. The van der Waals surface area contributed by atoms with E-state index in [9.17, 15) is 9.59 Å². The molecule has 5 nitrogen and oxygen atoms in total. The van der Waals surface area contributed by atoms with Gasteiger partial charge >= 0.3 is 12.0 Å². The summed E-state index contributed by atoms with van der Waals surface area (Å²) in [6.45, 7) is 4.97. The third-order valence-electron chi connectivity index (χ3n) is 3.66. The Morgan fingerprint density at radius 3 is 3.05 bits per heavy atom. The van der Waals surface area contributed by atoms with Crippen LogP contribution in [-0.2, 0) is 11.2 Å². The molecule has 2 rings (SSSR count). The van der Waals surface area contributed by atoms with E-state index >= 15 is 0 Å². The Labute approximate surface area is 122 Å². The van der Waals surface area contributed by atoms with Gasteiger partial charge in [0.15, 0.2) is 0 Å². The Bertz CT molecular complexity index is 500. The van der Waals surface area contributed by atoms with Crippen molar-refractivity contribution in [2.75, 3.05) is 13.1 Å². The Hall–Kier alpha value is -1.56. The number of carbonyl (C=O) groups excluding carboxylic acids is 1. The molecule has 0 aliphatic carbocycles. The third kappa shape index (κ3) is 3.30. The fourth-order valence-corrected chi connectivity index (χ4v) is 3.48. The lowest BCUT2D eigenvalue weighted by molar-refractivity contribution is -0.137. The first kappa shape index (κ1) is 14.8. The molecule has 1 aliphatic rings. The normalized spacial score (nSPS) is 19.3. The highest BCUT2D eigenvalue weighted by Crippen LogP contribution is 2.32. The Morgan fingerprint density at radius 1 is 1.60 bits per heavy atom. The van der Waals surface area contributed by atoms with Crippen LogP contribution in [0.3, 0.4) is 0 Å². The van der Waals surface area contributed by atoms with E-state index in [0.717, 1.165) is 6.42 Å². The first-order valence-electron chi connectivity index (χ1n) is 6.81. The summed E-state index contributed by atoms with van der Waals surface area (Å²) in [5.41, 5.74) is 1.23. The number of carboxylic acid groups (broad SMARTS) is 1. The molecule has 0 saturated carbocycles. The number of nitrogens with one attached hydrogen (secondary N) is 1. The number of carboxylic acids is 1. The lowest BCUT2D eigenvalue weighted by atomic mass is 10.0. The third-order valence-corrected chi connectivity index (χ3v) is 4.66. The van der Waals surface area contributed by atoms with Crippen molar-refractivity contribution in [2.45, 2.75) is 32.7 Å². The highest BCUT2D eigenvalue weighted by molar-refractivity contribution is 7.10. The van der Waals surface area contributed by atoms with Gasteiger partial charge in [0.1, 0.15) is 0 Å². The van der Waals surface area contributed by atoms with E-state index in [1.165, 1.54) is 10.4 Å². The van der Waals surface area contributed by atoms with Crippen LogP contribution in [0.15, 0.2) is 11.4 Å². The van der Waals surface area contributed by atoms with Gasteiger partial charge in [0.05, 0.1) is 6.04 Å². The van der Waals surface area contributed by atoms with Crippen LogP contribution in [0, 0.1) is 5.92 Å². The predicted molar refractivity (Wildman–Crippen MR) is 78.0 cm³/mol. The van der Waals surface area contributed by atoms with E-state index < -0.39 is 5.97 Å². The second-order valence-electron chi connectivity index (χ2n) is 5.31. The number of hydrogen-bond donors (Lipinski definition) is 2. The maximum Gasteiger partial charge on any atom is 0.317 e. The monoisotopic (exact) mass is 296 g/mol. The van der Waals surface area contributed by atoms with Crippen LogP contribution < -0.4 is 5.32 Å². The first-order valence-corrected chi connectivity index (χ1v) is 7.69. The van der Waals surface area contributed by atoms with Crippen LogP contribution in [0.4, 0.5) is 4.79 Å². The highest BCUT2D eigenvalue weighted by atomic mass is 32.1. The van der Waals surface area contributed by atoms with Crippen molar-refractivity contribution < 1.29 is 14.7 Å². The van der Waals surface area contributed by atoms with Gasteiger partial charge in [-0.3, -0.25) is 4.79 Å². The molecule has 1 aliphatic heterocycles.